The molecule has 1 aromatic carbocycles. The van der Waals surface area contributed by atoms with E-state index in [2.05, 4.69) is 5.32 Å². The van der Waals surface area contributed by atoms with Crippen molar-refractivity contribution in [2.45, 2.75) is 32.9 Å². The predicted octanol–water partition coefficient (Wildman–Crippen LogP) is 2.76. The van der Waals surface area contributed by atoms with Crippen molar-refractivity contribution in [1.29, 1.82) is 0 Å². The molecule has 1 N–H and O–H groups in total. The third-order valence-corrected chi connectivity index (χ3v) is 4.23. The average Bonchev–Trinajstić information content (AvgIpc) is 2.75. The number of hydrogen-bond donors (Lipinski definition) is 1. The monoisotopic (exact) mass is 326 g/mol. The molecule has 1 heterocycles. The van der Waals surface area contributed by atoms with Crippen LogP contribution in [0.5, 0.6) is 0 Å². The second-order valence-electron chi connectivity index (χ2n) is 5.00. The highest BCUT2D eigenvalue weighted by molar-refractivity contribution is 7.07. The van der Waals surface area contributed by atoms with E-state index in [1.54, 1.807) is 19.2 Å². The number of aryl methyl sites for hydroxylation is 1. The van der Waals surface area contributed by atoms with Gasteiger partial charge in [0.05, 0.1) is 6.04 Å². The number of amides is 1. The molecule has 1 unspecified atom stereocenters. The summed E-state index contributed by atoms with van der Waals surface area (Å²) in [5, 5.41) is 4.38. The maximum Gasteiger partial charge on any atom is 0.307 e. The quantitative estimate of drug-likeness (QED) is 0.918. The van der Waals surface area contributed by atoms with E-state index in [1.807, 2.05) is 0 Å². The van der Waals surface area contributed by atoms with E-state index in [-0.39, 0.29) is 29.3 Å². The summed E-state index contributed by atoms with van der Waals surface area (Å²) < 4.78 is 28.0. The summed E-state index contributed by atoms with van der Waals surface area (Å²) in [4.78, 5) is 23.3. The number of benzene rings is 1. The number of nitrogens with one attached hydrogen (secondary N) is 1. The first-order valence-electron chi connectivity index (χ1n) is 6.77. The summed E-state index contributed by atoms with van der Waals surface area (Å²) in [6.07, 6.45) is 0.116. The Hall–Kier alpha value is -2.02. The number of carbonyl (C=O) groups excluding carboxylic acids is 1. The first-order chi connectivity index (χ1) is 10.4. The number of hydrogen-bond acceptors (Lipinski definition) is 3. The lowest BCUT2D eigenvalue weighted by Gasteiger charge is -2.15. The molecule has 1 aromatic heterocycles. The van der Waals surface area contributed by atoms with Crippen LogP contribution in [0.2, 0.25) is 0 Å². The number of rotatable bonds is 5. The molecule has 2 rings (SSSR count). The minimum atomic E-state index is -0.697. The van der Waals surface area contributed by atoms with Crippen LogP contribution in [0.15, 0.2) is 28.4 Å². The van der Waals surface area contributed by atoms with Crippen molar-refractivity contribution in [3.63, 3.8) is 0 Å². The van der Waals surface area contributed by atoms with Gasteiger partial charge < -0.3 is 9.88 Å². The van der Waals surface area contributed by atoms with Crippen molar-refractivity contribution in [3.05, 3.63) is 56.1 Å². The maximum absolute atomic E-state index is 13.6. The third kappa shape index (κ3) is 3.79. The van der Waals surface area contributed by atoms with Gasteiger partial charge in [-0.2, -0.15) is 0 Å². The number of halogens is 2. The van der Waals surface area contributed by atoms with Crippen molar-refractivity contribution in [1.82, 2.24) is 9.88 Å². The molecule has 0 spiro atoms. The molecule has 0 radical (unpaired) electrons. The van der Waals surface area contributed by atoms with Crippen molar-refractivity contribution in [3.8, 4) is 0 Å². The van der Waals surface area contributed by atoms with Gasteiger partial charge in [0, 0.05) is 35.7 Å². The van der Waals surface area contributed by atoms with Crippen molar-refractivity contribution >= 4 is 17.2 Å². The Morgan fingerprint density at radius 3 is 2.73 bits per heavy atom. The molecule has 0 fully saturated rings. The summed E-state index contributed by atoms with van der Waals surface area (Å²) in [5.41, 5.74) is 1.03. The van der Waals surface area contributed by atoms with Crippen LogP contribution >= 0.6 is 11.3 Å². The minimum absolute atomic E-state index is 0.108. The normalized spacial score (nSPS) is 12.2. The van der Waals surface area contributed by atoms with Crippen molar-refractivity contribution in [2.24, 2.45) is 0 Å². The molecule has 0 aliphatic carbocycles. The molecule has 1 atom stereocenters. The summed E-state index contributed by atoms with van der Waals surface area (Å²) in [5.74, 6) is -1.65. The molecule has 22 heavy (non-hydrogen) atoms. The third-order valence-electron chi connectivity index (χ3n) is 3.35. The van der Waals surface area contributed by atoms with Gasteiger partial charge in [-0.3, -0.25) is 9.59 Å². The van der Waals surface area contributed by atoms with Crippen LogP contribution in [0.3, 0.4) is 0 Å². The summed E-state index contributed by atoms with van der Waals surface area (Å²) >= 11 is 1.09. The second-order valence-corrected chi connectivity index (χ2v) is 5.82. The molecule has 1 amide bonds. The Balaban J connectivity index is 1.95. The summed E-state index contributed by atoms with van der Waals surface area (Å²) in [7, 11) is 0. The number of nitrogens with zero attached hydrogens (tertiary/aromatic N) is 1. The molecular formula is C15H16F2N2O2S. The lowest BCUT2D eigenvalue weighted by Crippen LogP contribution is -2.29. The van der Waals surface area contributed by atoms with Gasteiger partial charge in [0.15, 0.2) is 0 Å². The maximum atomic E-state index is 13.6. The summed E-state index contributed by atoms with van der Waals surface area (Å²) in [6, 6.07) is 2.67. The summed E-state index contributed by atoms with van der Waals surface area (Å²) in [6.45, 7) is 3.70. The highest BCUT2D eigenvalue weighted by atomic mass is 32.1. The molecule has 7 heteroatoms. The second kappa shape index (κ2) is 6.83. The molecule has 0 bridgehead atoms. The zero-order chi connectivity index (χ0) is 16.3. The molecule has 0 aliphatic rings. The lowest BCUT2D eigenvalue weighted by atomic mass is 10.1. The first-order valence-corrected chi connectivity index (χ1v) is 7.65. The van der Waals surface area contributed by atoms with Gasteiger partial charge in [0.1, 0.15) is 11.6 Å². The lowest BCUT2D eigenvalue weighted by molar-refractivity contribution is -0.122. The number of carbonyl (C=O) groups is 1. The molecule has 0 saturated carbocycles. The van der Waals surface area contributed by atoms with E-state index >= 15 is 0 Å². The van der Waals surface area contributed by atoms with E-state index in [9.17, 15) is 18.4 Å². The molecule has 2 aromatic rings. The van der Waals surface area contributed by atoms with Crippen LogP contribution in [-0.4, -0.2) is 10.5 Å². The Morgan fingerprint density at radius 1 is 1.41 bits per heavy atom. The predicted molar refractivity (Wildman–Crippen MR) is 80.8 cm³/mol. The molecule has 0 saturated heterocycles. The standard InChI is InChI=1S/C15H16F2N2O2S/c1-9-8-22-15(21)19(9)6-5-14(20)18-10(2)12-4-3-11(16)7-13(12)17/h3-4,7-8,10H,5-6H2,1-2H3,(H,18,20). The van der Waals surface area contributed by atoms with E-state index in [1.165, 1.54) is 10.6 Å². The van der Waals surface area contributed by atoms with Crippen LogP contribution in [0, 0.1) is 18.6 Å². The fourth-order valence-corrected chi connectivity index (χ4v) is 2.89. The van der Waals surface area contributed by atoms with E-state index in [0.29, 0.717) is 0 Å². The van der Waals surface area contributed by atoms with Gasteiger partial charge in [0.2, 0.25) is 5.91 Å². The zero-order valence-electron chi connectivity index (χ0n) is 12.2. The topological polar surface area (TPSA) is 51.1 Å². The highest BCUT2D eigenvalue weighted by Crippen LogP contribution is 2.17. The van der Waals surface area contributed by atoms with Crippen molar-refractivity contribution < 1.29 is 13.6 Å². The van der Waals surface area contributed by atoms with Crippen LogP contribution in [0.25, 0.3) is 0 Å². The van der Waals surface area contributed by atoms with Crippen LogP contribution in [0.4, 0.5) is 8.78 Å². The van der Waals surface area contributed by atoms with E-state index < -0.39 is 17.7 Å². The van der Waals surface area contributed by atoms with Gasteiger partial charge >= 0.3 is 4.87 Å². The molecule has 0 aliphatic heterocycles. The Labute approximate surface area is 130 Å². The minimum Gasteiger partial charge on any atom is -0.349 e. The smallest absolute Gasteiger partial charge is 0.307 e. The number of aromatic nitrogens is 1. The average molecular weight is 326 g/mol. The SMILES string of the molecule is Cc1csc(=O)n1CCC(=O)NC(C)c1ccc(F)cc1F. The van der Waals surface area contributed by atoms with E-state index in [4.69, 9.17) is 0 Å². The van der Waals surface area contributed by atoms with Crippen LogP contribution in [0.1, 0.15) is 30.6 Å². The van der Waals surface area contributed by atoms with Crippen LogP contribution < -0.4 is 10.2 Å². The fourth-order valence-electron chi connectivity index (χ4n) is 2.13. The Kier molecular flexibility index (Phi) is 5.07. The van der Waals surface area contributed by atoms with Crippen LogP contribution in [-0.2, 0) is 11.3 Å². The van der Waals surface area contributed by atoms with Crippen molar-refractivity contribution in [2.75, 3.05) is 0 Å². The van der Waals surface area contributed by atoms with E-state index in [0.717, 1.165) is 29.2 Å². The Morgan fingerprint density at radius 2 is 2.14 bits per heavy atom. The highest BCUT2D eigenvalue weighted by Gasteiger charge is 2.14. The first kappa shape index (κ1) is 16.4. The van der Waals surface area contributed by atoms with Gasteiger partial charge in [-0.25, -0.2) is 8.78 Å². The molecule has 118 valence electrons. The number of thiazole rings is 1. The Bertz CT molecular complexity index is 739. The fraction of sp³-hybridized carbons (Fsp3) is 0.333. The zero-order valence-corrected chi connectivity index (χ0v) is 13.0. The van der Waals surface area contributed by atoms with Gasteiger partial charge in [0.25, 0.3) is 0 Å². The molecule has 4 nitrogen and oxygen atoms in total. The van der Waals surface area contributed by atoms with Gasteiger partial charge in [-0.15, -0.1) is 0 Å². The van der Waals surface area contributed by atoms with Gasteiger partial charge in [-0.1, -0.05) is 17.4 Å². The largest absolute Gasteiger partial charge is 0.349 e. The molecular weight excluding hydrogens is 310 g/mol. The van der Waals surface area contributed by atoms with Gasteiger partial charge in [-0.05, 0) is 19.9 Å².